The number of rotatable bonds is 6. The van der Waals surface area contributed by atoms with Gasteiger partial charge in [0.1, 0.15) is 0 Å². The van der Waals surface area contributed by atoms with Crippen molar-refractivity contribution in [3.05, 3.63) is 47.4 Å². The SMILES string of the molecule is Cc1cnc(C)c(-c2ccc(C(=O)N(CC3CCC3)C[C@@H]3CCCO3)cc2)n1. The monoisotopic (exact) mass is 379 g/mol. The molecular formula is C23H29N3O2. The number of carbonyl (C=O) groups excluding carboxylic acids is 1. The van der Waals surface area contributed by atoms with E-state index in [0.29, 0.717) is 12.5 Å². The van der Waals surface area contributed by atoms with Gasteiger partial charge in [0.05, 0.1) is 23.2 Å². The van der Waals surface area contributed by atoms with Crippen LogP contribution in [-0.2, 0) is 4.74 Å². The maximum Gasteiger partial charge on any atom is 0.253 e. The molecule has 0 radical (unpaired) electrons. The first-order chi connectivity index (χ1) is 13.6. The van der Waals surface area contributed by atoms with Crippen LogP contribution in [0, 0.1) is 19.8 Å². The van der Waals surface area contributed by atoms with E-state index >= 15 is 0 Å². The van der Waals surface area contributed by atoms with Crippen molar-refractivity contribution >= 4 is 5.91 Å². The first kappa shape index (κ1) is 19.1. The molecule has 28 heavy (non-hydrogen) atoms. The third kappa shape index (κ3) is 4.25. The van der Waals surface area contributed by atoms with Crippen molar-refractivity contribution in [1.82, 2.24) is 14.9 Å². The number of benzene rings is 1. The smallest absolute Gasteiger partial charge is 0.253 e. The summed E-state index contributed by atoms with van der Waals surface area (Å²) in [7, 11) is 0. The Morgan fingerprint density at radius 2 is 1.89 bits per heavy atom. The van der Waals surface area contributed by atoms with Gasteiger partial charge in [0, 0.05) is 37.0 Å². The quantitative estimate of drug-likeness (QED) is 0.755. The van der Waals surface area contributed by atoms with Gasteiger partial charge < -0.3 is 9.64 Å². The summed E-state index contributed by atoms with van der Waals surface area (Å²) < 4.78 is 5.79. The molecule has 1 aliphatic heterocycles. The minimum atomic E-state index is 0.112. The van der Waals surface area contributed by atoms with E-state index in [9.17, 15) is 4.79 Å². The Bertz CT molecular complexity index is 824. The van der Waals surface area contributed by atoms with E-state index in [1.807, 2.05) is 43.0 Å². The van der Waals surface area contributed by atoms with Crippen molar-refractivity contribution in [1.29, 1.82) is 0 Å². The van der Waals surface area contributed by atoms with Crippen molar-refractivity contribution in [3.8, 4) is 11.3 Å². The van der Waals surface area contributed by atoms with Gasteiger partial charge >= 0.3 is 0 Å². The molecule has 1 saturated carbocycles. The predicted molar refractivity (Wildman–Crippen MR) is 109 cm³/mol. The predicted octanol–water partition coefficient (Wildman–Crippen LogP) is 4.18. The topological polar surface area (TPSA) is 55.3 Å². The summed E-state index contributed by atoms with van der Waals surface area (Å²) in [4.78, 5) is 24.2. The van der Waals surface area contributed by atoms with E-state index in [4.69, 9.17) is 4.74 Å². The van der Waals surface area contributed by atoms with E-state index in [0.717, 1.165) is 54.2 Å². The summed E-state index contributed by atoms with van der Waals surface area (Å²) in [6, 6.07) is 7.81. The van der Waals surface area contributed by atoms with E-state index in [2.05, 4.69) is 9.97 Å². The standard InChI is InChI=1S/C23H29N3O2/c1-16-13-24-17(2)22(25-16)19-8-10-20(11-9-19)23(27)26(14-18-5-3-6-18)15-21-7-4-12-28-21/h8-11,13,18,21H,3-7,12,14-15H2,1-2H3/t21-/m0/s1. The van der Waals surface area contributed by atoms with Gasteiger partial charge in [-0.3, -0.25) is 9.78 Å². The largest absolute Gasteiger partial charge is 0.376 e. The summed E-state index contributed by atoms with van der Waals surface area (Å²) in [5, 5.41) is 0. The molecular weight excluding hydrogens is 350 g/mol. The van der Waals surface area contributed by atoms with E-state index < -0.39 is 0 Å². The fraction of sp³-hybridized carbons (Fsp3) is 0.522. The highest BCUT2D eigenvalue weighted by atomic mass is 16.5. The van der Waals surface area contributed by atoms with Crippen LogP contribution in [-0.4, -0.2) is 46.6 Å². The molecule has 2 fully saturated rings. The fourth-order valence-electron chi connectivity index (χ4n) is 4.03. The fourth-order valence-corrected chi connectivity index (χ4v) is 4.03. The lowest BCUT2D eigenvalue weighted by atomic mass is 9.85. The Kier molecular flexibility index (Phi) is 5.72. The van der Waals surface area contributed by atoms with Crippen molar-refractivity contribution in [2.24, 2.45) is 5.92 Å². The molecule has 0 unspecified atom stereocenters. The van der Waals surface area contributed by atoms with Crippen LogP contribution in [0.1, 0.15) is 53.8 Å². The number of hydrogen-bond acceptors (Lipinski definition) is 4. The Morgan fingerprint density at radius 1 is 1.11 bits per heavy atom. The normalized spacial score (nSPS) is 19.4. The molecule has 1 amide bonds. The highest BCUT2D eigenvalue weighted by molar-refractivity contribution is 5.94. The molecule has 1 aliphatic carbocycles. The lowest BCUT2D eigenvalue weighted by Gasteiger charge is -2.33. The van der Waals surface area contributed by atoms with Gasteiger partial charge in [0.15, 0.2) is 0 Å². The molecule has 5 heteroatoms. The van der Waals surface area contributed by atoms with Crippen LogP contribution in [0.25, 0.3) is 11.3 Å². The molecule has 1 aromatic carbocycles. The van der Waals surface area contributed by atoms with Crippen molar-refractivity contribution in [2.45, 2.75) is 52.1 Å². The molecule has 2 aliphatic rings. The number of hydrogen-bond donors (Lipinski definition) is 0. The van der Waals surface area contributed by atoms with Gasteiger partial charge in [-0.15, -0.1) is 0 Å². The average molecular weight is 380 g/mol. The second-order valence-corrected chi connectivity index (χ2v) is 8.16. The third-order valence-electron chi connectivity index (χ3n) is 5.92. The average Bonchev–Trinajstić information content (AvgIpc) is 3.18. The summed E-state index contributed by atoms with van der Waals surface area (Å²) in [6.45, 7) is 6.28. The van der Waals surface area contributed by atoms with Gasteiger partial charge in [-0.2, -0.15) is 0 Å². The number of nitrogens with zero attached hydrogens (tertiary/aromatic N) is 3. The molecule has 1 aromatic heterocycles. The Balaban J connectivity index is 1.51. The van der Waals surface area contributed by atoms with Crippen LogP contribution in [0.4, 0.5) is 0 Å². The Morgan fingerprint density at radius 3 is 2.54 bits per heavy atom. The zero-order valence-corrected chi connectivity index (χ0v) is 16.9. The number of ether oxygens (including phenoxy) is 1. The highest BCUT2D eigenvalue weighted by Gasteiger charge is 2.28. The van der Waals surface area contributed by atoms with E-state index in [1.54, 1.807) is 6.20 Å². The summed E-state index contributed by atoms with van der Waals surface area (Å²) >= 11 is 0. The highest BCUT2D eigenvalue weighted by Crippen LogP contribution is 2.29. The molecule has 0 bridgehead atoms. The molecule has 4 rings (SSSR count). The van der Waals surface area contributed by atoms with Crippen LogP contribution in [0.15, 0.2) is 30.5 Å². The van der Waals surface area contributed by atoms with Gasteiger partial charge in [-0.05, 0) is 57.6 Å². The molecule has 2 heterocycles. The molecule has 5 nitrogen and oxygen atoms in total. The van der Waals surface area contributed by atoms with Gasteiger partial charge in [0.2, 0.25) is 0 Å². The van der Waals surface area contributed by atoms with Gasteiger partial charge in [-0.1, -0.05) is 18.6 Å². The van der Waals surface area contributed by atoms with Gasteiger partial charge in [-0.25, -0.2) is 4.98 Å². The summed E-state index contributed by atoms with van der Waals surface area (Å²) in [5.74, 6) is 0.760. The third-order valence-corrected chi connectivity index (χ3v) is 5.92. The first-order valence-electron chi connectivity index (χ1n) is 10.4. The number of aryl methyl sites for hydroxylation is 2. The number of aromatic nitrogens is 2. The van der Waals surface area contributed by atoms with Crippen LogP contribution >= 0.6 is 0 Å². The summed E-state index contributed by atoms with van der Waals surface area (Å²) in [6.07, 6.45) is 7.88. The zero-order valence-electron chi connectivity index (χ0n) is 16.9. The maximum atomic E-state index is 13.2. The van der Waals surface area contributed by atoms with E-state index in [-0.39, 0.29) is 12.0 Å². The minimum Gasteiger partial charge on any atom is -0.376 e. The molecule has 2 aromatic rings. The second-order valence-electron chi connectivity index (χ2n) is 8.16. The second kappa shape index (κ2) is 8.39. The molecule has 0 N–H and O–H groups in total. The van der Waals surface area contributed by atoms with Crippen molar-refractivity contribution in [3.63, 3.8) is 0 Å². The first-order valence-corrected chi connectivity index (χ1v) is 10.4. The molecule has 148 valence electrons. The Labute approximate surface area is 167 Å². The zero-order chi connectivity index (χ0) is 19.5. The molecule has 0 spiro atoms. The summed E-state index contributed by atoms with van der Waals surface area (Å²) in [5.41, 5.74) is 4.40. The van der Waals surface area contributed by atoms with Crippen molar-refractivity contribution < 1.29 is 9.53 Å². The number of amides is 1. The van der Waals surface area contributed by atoms with Crippen LogP contribution < -0.4 is 0 Å². The van der Waals surface area contributed by atoms with Crippen LogP contribution in [0.2, 0.25) is 0 Å². The number of carbonyl (C=O) groups is 1. The Hall–Kier alpha value is -2.27. The minimum absolute atomic E-state index is 0.112. The van der Waals surface area contributed by atoms with Gasteiger partial charge in [0.25, 0.3) is 5.91 Å². The maximum absolute atomic E-state index is 13.2. The lowest BCUT2D eigenvalue weighted by molar-refractivity contribution is 0.0448. The van der Waals surface area contributed by atoms with Crippen LogP contribution in [0.5, 0.6) is 0 Å². The molecule has 1 atom stereocenters. The van der Waals surface area contributed by atoms with Crippen molar-refractivity contribution in [2.75, 3.05) is 19.7 Å². The van der Waals surface area contributed by atoms with E-state index in [1.165, 1.54) is 19.3 Å². The molecule has 1 saturated heterocycles. The lowest BCUT2D eigenvalue weighted by Crippen LogP contribution is -2.41. The van der Waals surface area contributed by atoms with Crippen LogP contribution in [0.3, 0.4) is 0 Å².